The molecule has 128 valence electrons. The molecule has 0 aliphatic carbocycles. The molecule has 1 amide bonds. The largest absolute Gasteiger partial charge is 0.483 e. The second-order valence-corrected chi connectivity index (χ2v) is 7.33. The van der Waals surface area contributed by atoms with Crippen molar-refractivity contribution in [3.05, 3.63) is 75.2 Å². The van der Waals surface area contributed by atoms with E-state index in [1.54, 1.807) is 0 Å². The highest BCUT2D eigenvalue weighted by molar-refractivity contribution is 9.11. The van der Waals surface area contributed by atoms with Crippen LogP contribution in [0, 0.1) is 0 Å². The van der Waals surface area contributed by atoms with Crippen LogP contribution in [0.5, 0.6) is 5.75 Å². The molecular formula is C20H17Br2NO2. The van der Waals surface area contributed by atoms with E-state index < -0.39 is 0 Å². The lowest BCUT2D eigenvalue weighted by atomic mass is 10.1. The molecule has 0 atom stereocenters. The van der Waals surface area contributed by atoms with Crippen LogP contribution in [0.1, 0.15) is 5.56 Å². The van der Waals surface area contributed by atoms with E-state index in [0.29, 0.717) is 12.3 Å². The Morgan fingerprint density at radius 2 is 1.80 bits per heavy atom. The molecule has 0 aliphatic rings. The molecule has 0 fully saturated rings. The maximum Gasteiger partial charge on any atom is 0.257 e. The van der Waals surface area contributed by atoms with Gasteiger partial charge in [-0.15, -0.1) is 0 Å². The van der Waals surface area contributed by atoms with Gasteiger partial charge in [-0.3, -0.25) is 4.79 Å². The molecule has 25 heavy (non-hydrogen) atoms. The van der Waals surface area contributed by atoms with Crippen LogP contribution >= 0.6 is 31.9 Å². The molecule has 3 aromatic carbocycles. The predicted molar refractivity (Wildman–Crippen MR) is 108 cm³/mol. The van der Waals surface area contributed by atoms with Gasteiger partial charge in [0.15, 0.2) is 6.61 Å². The Labute approximate surface area is 163 Å². The van der Waals surface area contributed by atoms with Gasteiger partial charge in [0, 0.05) is 11.0 Å². The summed E-state index contributed by atoms with van der Waals surface area (Å²) in [6.45, 7) is 0.592. The number of rotatable bonds is 6. The summed E-state index contributed by atoms with van der Waals surface area (Å²) < 4.78 is 7.55. The summed E-state index contributed by atoms with van der Waals surface area (Å²) in [5.74, 6) is 0.534. The van der Waals surface area contributed by atoms with Gasteiger partial charge < -0.3 is 10.1 Å². The zero-order valence-corrected chi connectivity index (χ0v) is 16.6. The normalized spacial score (nSPS) is 10.6. The summed E-state index contributed by atoms with van der Waals surface area (Å²) in [6, 6.07) is 20.0. The van der Waals surface area contributed by atoms with Crippen molar-refractivity contribution >= 4 is 48.5 Å². The van der Waals surface area contributed by atoms with Gasteiger partial charge in [-0.25, -0.2) is 0 Å². The van der Waals surface area contributed by atoms with E-state index in [0.717, 1.165) is 26.1 Å². The van der Waals surface area contributed by atoms with Crippen LogP contribution in [0.25, 0.3) is 10.8 Å². The van der Waals surface area contributed by atoms with Gasteiger partial charge in [0.2, 0.25) is 0 Å². The Balaban J connectivity index is 1.54. The first-order valence-corrected chi connectivity index (χ1v) is 9.53. The maximum atomic E-state index is 12.0. The zero-order chi connectivity index (χ0) is 17.6. The van der Waals surface area contributed by atoms with Crippen molar-refractivity contribution in [2.75, 3.05) is 13.2 Å². The van der Waals surface area contributed by atoms with Crippen LogP contribution in [0.3, 0.4) is 0 Å². The number of hydrogen-bond donors (Lipinski definition) is 1. The van der Waals surface area contributed by atoms with E-state index in [4.69, 9.17) is 4.74 Å². The Kier molecular flexibility index (Phi) is 6.10. The Morgan fingerprint density at radius 3 is 2.60 bits per heavy atom. The monoisotopic (exact) mass is 461 g/mol. The van der Waals surface area contributed by atoms with Crippen molar-refractivity contribution in [1.82, 2.24) is 5.32 Å². The SMILES string of the molecule is O=C(COc1ccc2cc(Br)ccc2c1Br)NCCc1ccccc1. The smallest absolute Gasteiger partial charge is 0.257 e. The maximum absolute atomic E-state index is 12.0. The number of ether oxygens (including phenoxy) is 1. The first-order valence-electron chi connectivity index (χ1n) is 7.94. The standard InChI is InChI=1S/C20H17Br2NO2/c21-16-7-8-17-15(12-16)6-9-18(20(17)22)25-13-19(24)23-11-10-14-4-2-1-3-5-14/h1-9,12H,10-11,13H2,(H,23,24). The Hall–Kier alpha value is -1.85. The summed E-state index contributed by atoms with van der Waals surface area (Å²) in [4.78, 5) is 12.0. The van der Waals surface area contributed by atoms with Crippen LogP contribution < -0.4 is 10.1 Å². The minimum absolute atomic E-state index is 0.00454. The van der Waals surface area contributed by atoms with Gasteiger partial charge in [-0.1, -0.05) is 58.4 Å². The number of nitrogens with one attached hydrogen (secondary N) is 1. The second kappa shape index (κ2) is 8.50. The highest BCUT2D eigenvalue weighted by atomic mass is 79.9. The fourth-order valence-corrected chi connectivity index (χ4v) is 3.53. The van der Waals surface area contributed by atoms with Gasteiger partial charge in [-0.2, -0.15) is 0 Å². The third-order valence-corrected chi connectivity index (χ3v) is 5.13. The first kappa shape index (κ1) is 18.0. The third kappa shape index (κ3) is 4.83. The molecule has 0 bridgehead atoms. The van der Waals surface area contributed by atoms with Gasteiger partial charge in [0.1, 0.15) is 5.75 Å². The lowest BCUT2D eigenvalue weighted by Gasteiger charge is -2.11. The number of benzene rings is 3. The molecule has 3 rings (SSSR count). The number of halogens is 2. The summed E-state index contributed by atoms with van der Waals surface area (Å²) >= 11 is 7.03. The number of fused-ring (bicyclic) bond motifs is 1. The molecule has 0 aliphatic heterocycles. The predicted octanol–water partition coefficient (Wildman–Crippen LogP) is 5.10. The Bertz CT molecular complexity index is 882. The molecule has 0 radical (unpaired) electrons. The van der Waals surface area contributed by atoms with E-state index in [-0.39, 0.29) is 12.5 Å². The van der Waals surface area contributed by atoms with Crippen LogP contribution in [0.15, 0.2) is 69.6 Å². The van der Waals surface area contributed by atoms with E-state index in [9.17, 15) is 4.79 Å². The van der Waals surface area contributed by atoms with E-state index in [1.807, 2.05) is 60.7 Å². The average molecular weight is 463 g/mol. The third-order valence-electron chi connectivity index (χ3n) is 3.82. The molecule has 3 nitrogen and oxygen atoms in total. The average Bonchev–Trinajstić information content (AvgIpc) is 2.62. The van der Waals surface area contributed by atoms with Gasteiger partial charge in [-0.05, 0) is 56.9 Å². The van der Waals surface area contributed by atoms with Gasteiger partial charge in [0.05, 0.1) is 4.47 Å². The van der Waals surface area contributed by atoms with Crippen LogP contribution in [0.4, 0.5) is 0 Å². The molecule has 0 saturated heterocycles. The number of hydrogen-bond acceptors (Lipinski definition) is 2. The molecule has 0 heterocycles. The van der Waals surface area contributed by atoms with Gasteiger partial charge in [0.25, 0.3) is 5.91 Å². The topological polar surface area (TPSA) is 38.3 Å². The molecule has 0 aromatic heterocycles. The summed E-state index contributed by atoms with van der Waals surface area (Å²) in [7, 11) is 0. The first-order chi connectivity index (χ1) is 12.1. The zero-order valence-electron chi connectivity index (χ0n) is 13.5. The molecule has 1 N–H and O–H groups in total. The van der Waals surface area contributed by atoms with E-state index in [2.05, 4.69) is 37.2 Å². The van der Waals surface area contributed by atoms with Crippen molar-refractivity contribution < 1.29 is 9.53 Å². The number of amides is 1. The summed E-state index contributed by atoms with van der Waals surface area (Å²) in [5, 5.41) is 5.02. The summed E-state index contributed by atoms with van der Waals surface area (Å²) in [5.41, 5.74) is 1.20. The number of carbonyl (C=O) groups excluding carboxylic acids is 1. The minimum Gasteiger partial charge on any atom is -0.483 e. The van der Waals surface area contributed by atoms with E-state index >= 15 is 0 Å². The molecule has 3 aromatic rings. The van der Waals surface area contributed by atoms with Crippen molar-refractivity contribution in [1.29, 1.82) is 0 Å². The molecule has 0 unspecified atom stereocenters. The number of carbonyl (C=O) groups is 1. The van der Waals surface area contributed by atoms with Crippen molar-refractivity contribution in [3.8, 4) is 5.75 Å². The fraction of sp³-hybridized carbons (Fsp3) is 0.150. The molecule has 5 heteroatoms. The minimum atomic E-state index is -0.126. The van der Waals surface area contributed by atoms with Crippen molar-refractivity contribution in [2.45, 2.75) is 6.42 Å². The highest BCUT2D eigenvalue weighted by Crippen LogP contribution is 2.34. The highest BCUT2D eigenvalue weighted by Gasteiger charge is 2.09. The quantitative estimate of drug-likeness (QED) is 0.553. The fourth-order valence-electron chi connectivity index (χ4n) is 2.54. The molecular weight excluding hydrogens is 446 g/mol. The van der Waals surface area contributed by atoms with E-state index in [1.165, 1.54) is 5.56 Å². The summed E-state index contributed by atoms with van der Waals surface area (Å²) in [6.07, 6.45) is 0.807. The molecule has 0 spiro atoms. The van der Waals surface area contributed by atoms with Crippen molar-refractivity contribution in [2.24, 2.45) is 0 Å². The van der Waals surface area contributed by atoms with Gasteiger partial charge >= 0.3 is 0 Å². The second-order valence-electron chi connectivity index (χ2n) is 5.62. The van der Waals surface area contributed by atoms with Crippen LogP contribution in [-0.2, 0) is 11.2 Å². The van der Waals surface area contributed by atoms with Crippen LogP contribution in [-0.4, -0.2) is 19.1 Å². The Morgan fingerprint density at radius 1 is 1.00 bits per heavy atom. The van der Waals surface area contributed by atoms with Crippen molar-refractivity contribution in [3.63, 3.8) is 0 Å². The van der Waals surface area contributed by atoms with Crippen LogP contribution in [0.2, 0.25) is 0 Å². The lowest BCUT2D eigenvalue weighted by molar-refractivity contribution is -0.123. The molecule has 0 saturated carbocycles. The lowest BCUT2D eigenvalue weighted by Crippen LogP contribution is -2.30.